The molecule has 0 saturated heterocycles. The van der Waals surface area contributed by atoms with Gasteiger partial charge in [0.05, 0.1) is 0 Å². The third kappa shape index (κ3) is 1.24. The molecule has 1 heteroatoms. The van der Waals surface area contributed by atoms with E-state index in [-0.39, 0.29) is 51.7 Å². The first-order valence-corrected chi connectivity index (χ1v) is 3.13. The Morgan fingerprint density at radius 3 is 1.75 bits per heavy atom. The van der Waals surface area contributed by atoms with Crippen LogP contribution in [0.1, 0.15) is 22.1 Å². The summed E-state index contributed by atoms with van der Waals surface area (Å²) in [5.41, 5.74) is 0. The van der Waals surface area contributed by atoms with Crippen molar-refractivity contribution in [2.75, 3.05) is 0 Å². The molecule has 0 heterocycles. The molecule has 8 heavy (non-hydrogen) atoms. The summed E-state index contributed by atoms with van der Waals surface area (Å²) in [6.45, 7) is 0. The van der Waals surface area contributed by atoms with Gasteiger partial charge in [-0.1, -0.05) is 12.2 Å². The van der Waals surface area contributed by atoms with Gasteiger partial charge in [-0.15, -0.1) is 0 Å². The van der Waals surface area contributed by atoms with Crippen LogP contribution >= 0.6 is 0 Å². The topological polar surface area (TPSA) is 0 Å². The molecule has 0 N–H and O–H groups in total. The minimum absolute atomic E-state index is 0. The third-order valence-corrected chi connectivity index (χ3v) is 2.17. The zero-order chi connectivity index (χ0) is 4.69. The molecule has 2 aliphatic carbocycles. The van der Waals surface area contributed by atoms with Gasteiger partial charge in [-0.2, -0.15) is 0 Å². The van der Waals surface area contributed by atoms with Crippen LogP contribution in [-0.4, -0.2) is 48.9 Å². The Hall–Kier alpha value is 1.31. The van der Waals surface area contributed by atoms with Crippen molar-refractivity contribution in [3.63, 3.8) is 0 Å². The zero-order valence-corrected chi connectivity index (χ0v) is 9.58. The molecule has 2 bridgehead atoms. The van der Waals surface area contributed by atoms with Gasteiger partial charge in [-0.25, -0.2) is 0 Å². The number of allylic oxidation sites excluding steroid dienone is 2. The van der Waals surface area contributed by atoms with Crippen molar-refractivity contribution in [2.45, 2.75) is 19.3 Å². The number of hydrogen-bond acceptors (Lipinski definition) is 0. The fraction of sp³-hybridized carbons (Fsp3) is 0.714. The van der Waals surface area contributed by atoms with Crippen LogP contribution in [0.4, 0.5) is 0 Å². The van der Waals surface area contributed by atoms with Gasteiger partial charge in [-0.3, -0.25) is 0 Å². The number of fused-ring (bicyclic) bond motifs is 2. The molecule has 0 spiro atoms. The standard InChI is InChI=1S/C7H10.Ba.2H/c1-2-7-4-3-6(1)5-7;;;/h1-2,6-7H,3-5H2;;;/q;+2;2*-1. The van der Waals surface area contributed by atoms with E-state index < -0.39 is 0 Å². The molecule has 0 aromatic heterocycles. The molecule has 0 amide bonds. The Bertz CT molecular complexity index is 102. The Morgan fingerprint density at radius 1 is 1.12 bits per heavy atom. The predicted molar refractivity (Wildman–Crippen MR) is 37.9 cm³/mol. The van der Waals surface area contributed by atoms with Gasteiger partial charge >= 0.3 is 48.9 Å². The van der Waals surface area contributed by atoms with Gasteiger partial charge in [0.25, 0.3) is 0 Å². The minimum Gasteiger partial charge on any atom is -1.00 e. The molecule has 42 valence electrons. The van der Waals surface area contributed by atoms with Crippen LogP contribution in [0.25, 0.3) is 0 Å². The van der Waals surface area contributed by atoms with Crippen molar-refractivity contribution in [1.82, 2.24) is 0 Å². The maximum absolute atomic E-state index is 2.38. The van der Waals surface area contributed by atoms with Gasteiger partial charge in [0, 0.05) is 0 Å². The van der Waals surface area contributed by atoms with Crippen LogP contribution in [0.2, 0.25) is 0 Å². The van der Waals surface area contributed by atoms with E-state index in [1.54, 1.807) is 0 Å². The fourth-order valence-corrected chi connectivity index (χ4v) is 1.72. The largest absolute Gasteiger partial charge is 2.00 e. The van der Waals surface area contributed by atoms with Crippen LogP contribution in [0.5, 0.6) is 0 Å². The second-order valence-electron chi connectivity index (χ2n) is 2.72. The van der Waals surface area contributed by atoms with E-state index in [4.69, 9.17) is 0 Å². The van der Waals surface area contributed by atoms with Crippen LogP contribution in [0, 0.1) is 11.8 Å². The van der Waals surface area contributed by atoms with Crippen LogP contribution in [0.15, 0.2) is 12.2 Å². The summed E-state index contributed by atoms with van der Waals surface area (Å²) < 4.78 is 0. The van der Waals surface area contributed by atoms with Crippen LogP contribution in [0.3, 0.4) is 0 Å². The van der Waals surface area contributed by atoms with E-state index in [0.717, 1.165) is 11.8 Å². The first-order valence-electron chi connectivity index (χ1n) is 3.13. The summed E-state index contributed by atoms with van der Waals surface area (Å²) >= 11 is 0. The molecule has 2 aliphatic rings. The molecule has 0 aromatic carbocycles. The van der Waals surface area contributed by atoms with Crippen LogP contribution in [-0.2, 0) is 0 Å². The molecule has 0 radical (unpaired) electrons. The molecular formula is C7H12Ba. The molecule has 1 saturated carbocycles. The first-order chi connectivity index (χ1) is 3.45. The maximum Gasteiger partial charge on any atom is 2.00 e. The van der Waals surface area contributed by atoms with E-state index in [2.05, 4.69) is 12.2 Å². The summed E-state index contributed by atoms with van der Waals surface area (Å²) in [7, 11) is 0. The quantitative estimate of drug-likeness (QED) is 0.442. The van der Waals surface area contributed by atoms with Gasteiger partial charge in [-0.05, 0) is 31.1 Å². The van der Waals surface area contributed by atoms with E-state index >= 15 is 0 Å². The van der Waals surface area contributed by atoms with Gasteiger partial charge < -0.3 is 2.85 Å². The van der Waals surface area contributed by atoms with Crippen molar-refractivity contribution in [2.24, 2.45) is 11.8 Å². The van der Waals surface area contributed by atoms with Crippen molar-refractivity contribution in [3.05, 3.63) is 12.2 Å². The molecule has 2 atom stereocenters. The molecule has 0 aliphatic heterocycles. The van der Waals surface area contributed by atoms with E-state index in [0.29, 0.717) is 0 Å². The summed E-state index contributed by atoms with van der Waals surface area (Å²) in [6, 6.07) is 0. The second-order valence-corrected chi connectivity index (χ2v) is 2.72. The first kappa shape index (κ1) is 7.42. The Labute approximate surface area is 93.8 Å². The number of hydrogen-bond donors (Lipinski definition) is 0. The molecular weight excluding hydrogens is 221 g/mol. The Morgan fingerprint density at radius 2 is 1.62 bits per heavy atom. The van der Waals surface area contributed by atoms with Gasteiger partial charge in [0.1, 0.15) is 0 Å². The molecule has 0 aromatic rings. The monoisotopic (exact) mass is 234 g/mol. The maximum atomic E-state index is 2.38. The summed E-state index contributed by atoms with van der Waals surface area (Å²) in [5.74, 6) is 1.98. The molecule has 2 rings (SSSR count). The average Bonchev–Trinajstić information content (AvgIpc) is 2.22. The van der Waals surface area contributed by atoms with Crippen molar-refractivity contribution < 1.29 is 2.85 Å². The average molecular weight is 234 g/mol. The van der Waals surface area contributed by atoms with Crippen molar-refractivity contribution in [3.8, 4) is 0 Å². The molecule has 0 nitrogen and oxygen atoms in total. The van der Waals surface area contributed by atoms with Crippen molar-refractivity contribution in [1.29, 1.82) is 0 Å². The summed E-state index contributed by atoms with van der Waals surface area (Å²) in [6.07, 6.45) is 9.19. The van der Waals surface area contributed by atoms with E-state index in [1.807, 2.05) is 0 Å². The van der Waals surface area contributed by atoms with Crippen LogP contribution < -0.4 is 0 Å². The van der Waals surface area contributed by atoms with Gasteiger partial charge in [0.2, 0.25) is 0 Å². The predicted octanol–water partition coefficient (Wildman–Crippen LogP) is 1.82. The third-order valence-electron chi connectivity index (χ3n) is 2.17. The summed E-state index contributed by atoms with van der Waals surface area (Å²) in [5, 5.41) is 0. The normalized spacial score (nSPS) is 40.0. The number of rotatable bonds is 0. The second kappa shape index (κ2) is 2.93. The Balaban J connectivity index is 0. The van der Waals surface area contributed by atoms with Crippen molar-refractivity contribution >= 4 is 48.9 Å². The minimum atomic E-state index is 0. The summed E-state index contributed by atoms with van der Waals surface area (Å²) in [4.78, 5) is 0. The fourth-order valence-electron chi connectivity index (χ4n) is 1.72. The smallest absolute Gasteiger partial charge is 1.00 e. The molecule has 1 fully saturated rings. The van der Waals surface area contributed by atoms with E-state index in [9.17, 15) is 0 Å². The van der Waals surface area contributed by atoms with E-state index in [1.165, 1.54) is 19.3 Å². The SMILES string of the molecule is C1=CC2CCC1C2.[Ba+2].[H-].[H-]. The van der Waals surface area contributed by atoms with Gasteiger partial charge in [0.15, 0.2) is 0 Å². The molecule has 2 unspecified atom stereocenters. The Kier molecular flexibility index (Phi) is 2.72. The zero-order valence-electron chi connectivity index (χ0n) is 7.14.